The number of carbonyl (C=O) groups excluding carboxylic acids is 1. The van der Waals surface area contributed by atoms with Crippen LogP contribution in [0.2, 0.25) is 0 Å². The maximum atomic E-state index is 13.5. The first-order chi connectivity index (χ1) is 15.5. The van der Waals surface area contributed by atoms with Crippen LogP contribution in [-0.2, 0) is 6.54 Å². The van der Waals surface area contributed by atoms with E-state index in [4.69, 9.17) is 0 Å². The Morgan fingerprint density at radius 2 is 1.53 bits per heavy atom. The Labute approximate surface area is 192 Å². The number of carbonyl (C=O) groups is 1. The molecule has 32 heavy (non-hydrogen) atoms. The number of thioether (sulfide) groups is 1. The van der Waals surface area contributed by atoms with Crippen LogP contribution in [0.15, 0.2) is 77.7 Å². The van der Waals surface area contributed by atoms with Gasteiger partial charge in [-0.15, -0.1) is 11.8 Å². The summed E-state index contributed by atoms with van der Waals surface area (Å²) in [6, 6.07) is 25.0. The summed E-state index contributed by atoms with van der Waals surface area (Å²) < 4.78 is 0. The summed E-state index contributed by atoms with van der Waals surface area (Å²) in [6.45, 7) is 4.69. The van der Waals surface area contributed by atoms with Gasteiger partial charge in [0.05, 0.1) is 11.7 Å². The van der Waals surface area contributed by atoms with Crippen molar-refractivity contribution in [2.45, 2.75) is 31.3 Å². The van der Waals surface area contributed by atoms with Crippen LogP contribution < -0.4 is 0 Å². The van der Waals surface area contributed by atoms with E-state index in [0.717, 1.165) is 27.9 Å². The molecule has 0 spiro atoms. The lowest BCUT2D eigenvalue weighted by molar-refractivity contribution is 0.0730. The van der Waals surface area contributed by atoms with Crippen LogP contribution in [0.5, 0.6) is 0 Å². The molecule has 5 heteroatoms. The van der Waals surface area contributed by atoms with E-state index in [1.165, 1.54) is 16.0 Å². The van der Waals surface area contributed by atoms with E-state index in [9.17, 15) is 4.79 Å². The Morgan fingerprint density at radius 1 is 0.906 bits per heavy atom. The number of hydrogen-bond acceptors (Lipinski definition) is 3. The Bertz CT molecular complexity index is 1260. The quantitative estimate of drug-likeness (QED) is 0.379. The lowest BCUT2D eigenvalue weighted by Crippen LogP contribution is -2.29. The number of hydrogen-bond donors (Lipinski definition) is 1. The molecular formula is C27H25N3OS. The van der Waals surface area contributed by atoms with Gasteiger partial charge in [0.2, 0.25) is 0 Å². The smallest absolute Gasteiger partial charge is 0.273 e. The largest absolute Gasteiger partial charge is 0.322 e. The minimum atomic E-state index is -0.190. The molecule has 2 heterocycles. The third-order valence-corrected chi connectivity index (χ3v) is 6.84. The molecule has 4 nitrogen and oxygen atoms in total. The number of fused-ring (bicyclic) bond motifs is 1. The van der Waals surface area contributed by atoms with Crippen molar-refractivity contribution in [2.24, 2.45) is 0 Å². The Hall–Kier alpha value is -3.31. The second-order valence-electron chi connectivity index (χ2n) is 8.32. The summed E-state index contributed by atoms with van der Waals surface area (Å²) in [5.41, 5.74) is 8.03. The van der Waals surface area contributed by atoms with Crippen LogP contribution in [0.3, 0.4) is 0 Å². The Balaban J connectivity index is 1.62. The summed E-state index contributed by atoms with van der Waals surface area (Å²) in [5, 5.41) is 7.63. The lowest BCUT2D eigenvalue weighted by atomic mass is 9.95. The minimum Gasteiger partial charge on any atom is -0.322 e. The van der Waals surface area contributed by atoms with Gasteiger partial charge in [-0.2, -0.15) is 5.10 Å². The number of nitrogens with one attached hydrogen (secondary N) is 1. The van der Waals surface area contributed by atoms with Gasteiger partial charge in [-0.1, -0.05) is 71.8 Å². The third kappa shape index (κ3) is 3.63. The van der Waals surface area contributed by atoms with Crippen LogP contribution >= 0.6 is 11.8 Å². The minimum absolute atomic E-state index is 0.00891. The number of nitrogens with zero attached hydrogens (tertiary/aromatic N) is 2. The van der Waals surface area contributed by atoms with Crippen molar-refractivity contribution in [3.05, 3.63) is 106 Å². The average molecular weight is 440 g/mol. The number of benzene rings is 3. The zero-order valence-corrected chi connectivity index (χ0v) is 19.2. The van der Waals surface area contributed by atoms with Gasteiger partial charge in [-0.05, 0) is 43.4 Å². The highest BCUT2D eigenvalue weighted by molar-refractivity contribution is 7.98. The van der Waals surface area contributed by atoms with E-state index < -0.39 is 0 Å². The second-order valence-corrected chi connectivity index (χ2v) is 9.20. The SMILES string of the molecule is CSc1ccc(C2c3c(-c4ccc(C)cc4)n[nH]c3C(=O)N2Cc2ccc(C)cc2)cc1. The maximum Gasteiger partial charge on any atom is 0.273 e. The molecule has 160 valence electrons. The number of amides is 1. The highest BCUT2D eigenvalue weighted by atomic mass is 32.2. The van der Waals surface area contributed by atoms with Crippen molar-refractivity contribution in [3.63, 3.8) is 0 Å². The lowest BCUT2D eigenvalue weighted by Gasteiger charge is -2.26. The van der Waals surface area contributed by atoms with E-state index in [-0.39, 0.29) is 11.9 Å². The van der Waals surface area contributed by atoms with Gasteiger partial charge in [-0.3, -0.25) is 9.89 Å². The molecule has 1 amide bonds. The van der Waals surface area contributed by atoms with Crippen LogP contribution in [0.25, 0.3) is 11.3 Å². The standard InChI is InChI=1S/C27H25N3OS/c1-17-4-8-19(9-5-17)16-30-26(21-12-14-22(32-3)15-13-21)23-24(28-29-25(23)27(30)31)20-10-6-18(2)7-11-20/h4-15,26H,16H2,1-3H3,(H,28,29). The van der Waals surface area contributed by atoms with Crippen LogP contribution in [0, 0.1) is 13.8 Å². The van der Waals surface area contributed by atoms with Crippen molar-refractivity contribution < 1.29 is 4.79 Å². The molecule has 0 fully saturated rings. The van der Waals surface area contributed by atoms with Crippen LogP contribution in [0.1, 0.15) is 44.3 Å². The first-order valence-corrected chi connectivity index (χ1v) is 11.9. The molecule has 1 N–H and O–H groups in total. The molecule has 3 aromatic carbocycles. The average Bonchev–Trinajstić information content (AvgIpc) is 3.35. The van der Waals surface area contributed by atoms with E-state index >= 15 is 0 Å². The fourth-order valence-electron chi connectivity index (χ4n) is 4.31. The molecule has 5 rings (SSSR count). The molecule has 1 unspecified atom stereocenters. The molecular weight excluding hydrogens is 414 g/mol. The van der Waals surface area contributed by atoms with Crippen molar-refractivity contribution in [1.29, 1.82) is 0 Å². The van der Waals surface area contributed by atoms with Gasteiger partial charge in [0.15, 0.2) is 0 Å². The van der Waals surface area contributed by atoms with E-state index in [2.05, 4.69) is 103 Å². The number of H-pyrrole nitrogens is 1. The Morgan fingerprint density at radius 3 is 2.16 bits per heavy atom. The van der Waals surface area contributed by atoms with E-state index in [1.807, 2.05) is 4.90 Å². The van der Waals surface area contributed by atoms with Crippen LogP contribution in [0.4, 0.5) is 0 Å². The van der Waals surface area contributed by atoms with Crippen molar-refractivity contribution in [2.75, 3.05) is 6.26 Å². The topological polar surface area (TPSA) is 49.0 Å². The predicted molar refractivity (Wildman–Crippen MR) is 130 cm³/mol. The molecule has 0 radical (unpaired) electrons. The van der Waals surface area contributed by atoms with E-state index in [0.29, 0.717) is 12.2 Å². The highest BCUT2D eigenvalue weighted by Crippen LogP contribution is 2.43. The number of aromatic nitrogens is 2. The van der Waals surface area contributed by atoms with Gasteiger partial charge in [-0.25, -0.2) is 0 Å². The summed E-state index contributed by atoms with van der Waals surface area (Å²) in [6.07, 6.45) is 2.07. The van der Waals surface area contributed by atoms with Gasteiger partial charge in [0.1, 0.15) is 5.69 Å². The molecule has 1 aliphatic rings. The number of rotatable bonds is 5. The fraction of sp³-hybridized carbons (Fsp3) is 0.185. The molecule has 1 aromatic heterocycles. The van der Waals surface area contributed by atoms with Crippen molar-refractivity contribution in [1.82, 2.24) is 15.1 Å². The summed E-state index contributed by atoms with van der Waals surface area (Å²) in [5.74, 6) is -0.00891. The van der Waals surface area contributed by atoms with E-state index in [1.54, 1.807) is 11.8 Å². The van der Waals surface area contributed by atoms with Crippen molar-refractivity contribution in [3.8, 4) is 11.3 Å². The Kier molecular flexibility index (Phi) is 5.35. The van der Waals surface area contributed by atoms with Gasteiger partial charge < -0.3 is 4.90 Å². The van der Waals surface area contributed by atoms with Gasteiger partial charge in [0, 0.05) is 22.6 Å². The summed E-state index contributed by atoms with van der Waals surface area (Å²) in [4.78, 5) is 16.7. The normalized spacial score (nSPS) is 15.3. The highest BCUT2D eigenvalue weighted by Gasteiger charge is 2.42. The van der Waals surface area contributed by atoms with Gasteiger partial charge in [0.25, 0.3) is 5.91 Å². The van der Waals surface area contributed by atoms with Crippen molar-refractivity contribution >= 4 is 17.7 Å². The molecule has 4 aromatic rings. The molecule has 1 atom stereocenters. The second kappa shape index (κ2) is 8.32. The molecule has 0 bridgehead atoms. The zero-order valence-electron chi connectivity index (χ0n) is 18.4. The number of aromatic amines is 1. The fourth-order valence-corrected chi connectivity index (χ4v) is 4.72. The number of aryl methyl sites for hydroxylation is 2. The first kappa shape index (κ1) is 20.6. The molecule has 0 saturated carbocycles. The first-order valence-electron chi connectivity index (χ1n) is 10.7. The predicted octanol–water partition coefficient (Wildman–Crippen LogP) is 6.16. The van der Waals surface area contributed by atoms with Gasteiger partial charge >= 0.3 is 0 Å². The maximum absolute atomic E-state index is 13.5. The van der Waals surface area contributed by atoms with Crippen LogP contribution in [-0.4, -0.2) is 27.3 Å². The molecule has 0 saturated heterocycles. The monoisotopic (exact) mass is 439 g/mol. The summed E-state index contributed by atoms with van der Waals surface area (Å²) >= 11 is 1.71. The molecule has 0 aliphatic carbocycles. The third-order valence-electron chi connectivity index (χ3n) is 6.09. The zero-order chi connectivity index (χ0) is 22.2. The summed E-state index contributed by atoms with van der Waals surface area (Å²) in [7, 11) is 0. The molecule has 1 aliphatic heterocycles.